The molecule has 1 heterocycles. The topological polar surface area (TPSA) is 85.6 Å². The maximum absolute atomic E-state index is 11.6. The molecule has 168 valence electrons. The molecule has 0 saturated carbocycles. The van der Waals surface area contributed by atoms with Gasteiger partial charge in [-0.1, -0.05) is 25.0 Å². The highest BCUT2D eigenvalue weighted by atomic mass is 16.6. The highest BCUT2D eigenvalue weighted by molar-refractivity contribution is 5.66. The summed E-state index contributed by atoms with van der Waals surface area (Å²) in [6.45, 7) is 11.4. The minimum atomic E-state index is -0.618. The van der Waals surface area contributed by atoms with Crippen molar-refractivity contribution < 1.29 is 23.8 Å². The maximum atomic E-state index is 11.6. The fraction of sp³-hybridized carbons (Fsp3) is 0.708. The van der Waals surface area contributed by atoms with E-state index in [9.17, 15) is 9.59 Å². The van der Waals surface area contributed by atoms with Crippen LogP contribution in [0.2, 0.25) is 0 Å². The molecule has 0 amide bonds. The van der Waals surface area contributed by atoms with Crippen LogP contribution >= 0.6 is 0 Å². The zero-order valence-electron chi connectivity index (χ0n) is 19.3. The van der Waals surface area contributed by atoms with Gasteiger partial charge >= 0.3 is 11.9 Å². The predicted octanol–water partition coefficient (Wildman–Crippen LogP) is 5.03. The first-order valence-electron chi connectivity index (χ1n) is 10.8. The van der Waals surface area contributed by atoms with Crippen molar-refractivity contribution in [3.05, 3.63) is 23.3 Å². The Morgan fingerprint density at radius 1 is 1.30 bits per heavy atom. The van der Waals surface area contributed by atoms with Gasteiger partial charge < -0.3 is 14.2 Å². The van der Waals surface area contributed by atoms with Crippen molar-refractivity contribution in [2.75, 3.05) is 6.61 Å². The minimum absolute atomic E-state index is 0.158. The number of nitriles is 1. The molecule has 1 aliphatic heterocycles. The summed E-state index contributed by atoms with van der Waals surface area (Å²) >= 11 is 0. The van der Waals surface area contributed by atoms with Crippen LogP contribution in [0.15, 0.2) is 23.3 Å². The second-order valence-corrected chi connectivity index (χ2v) is 8.70. The molecule has 0 aromatic carbocycles. The number of carbonyl (C=O) groups excluding carboxylic acids is 2. The lowest BCUT2D eigenvalue weighted by molar-refractivity contribution is -0.168. The van der Waals surface area contributed by atoms with E-state index in [2.05, 4.69) is 19.1 Å². The van der Waals surface area contributed by atoms with E-state index in [0.717, 1.165) is 18.4 Å². The Kier molecular flexibility index (Phi) is 10.8. The Bertz CT molecular complexity index is 686. The van der Waals surface area contributed by atoms with Crippen LogP contribution in [0.1, 0.15) is 80.1 Å². The van der Waals surface area contributed by atoms with Crippen molar-refractivity contribution >= 4 is 11.9 Å². The van der Waals surface area contributed by atoms with Crippen molar-refractivity contribution in [2.24, 2.45) is 5.92 Å². The molecule has 6 heteroatoms. The molecule has 1 rings (SSSR count). The first-order chi connectivity index (χ1) is 14.1. The fourth-order valence-corrected chi connectivity index (χ4v) is 3.79. The number of nitrogens with zero attached hydrogens (tertiary/aromatic N) is 1. The molecular formula is C24H37NO5. The van der Waals surface area contributed by atoms with E-state index in [0.29, 0.717) is 32.3 Å². The molecule has 0 spiro atoms. The highest BCUT2D eigenvalue weighted by Gasteiger charge is 2.39. The normalized spacial score (nSPS) is 24.8. The predicted molar refractivity (Wildman–Crippen MR) is 115 cm³/mol. The lowest BCUT2D eigenvalue weighted by Gasteiger charge is -2.35. The fourth-order valence-electron chi connectivity index (χ4n) is 3.79. The van der Waals surface area contributed by atoms with Gasteiger partial charge in [-0.05, 0) is 57.9 Å². The van der Waals surface area contributed by atoms with Crippen LogP contribution in [0.5, 0.6) is 0 Å². The molecule has 6 nitrogen and oxygen atoms in total. The van der Waals surface area contributed by atoms with Gasteiger partial charge in [0, 0.05) is 26.3 Å². The number of rotatable bonds is 9. The molecular weight excluding hydrogens is 382 g/mol. The Labute approximate surface area is 181 Å². The van der Waals surface area contributed by atoms with Crippen molar-refractivity contribution in [3.8, 4) is 6.07 Å². The number of hydrogen-bond donors (Lipinski definition) is 0. The number of hydrogen-bond acceptors (Lipinski definition) is 6. The zero-order chi connectivity index (χ0) is 22.7. The van der Waals surface area contributed by atoms with Crippen LogP contribution in [-0.2, 0) is 23.8 Å². The number of esters is 2. The van der Waals surface area contributed by atoms with Crippen LogP contribution < -0.4 is 0 Å². The minimum Gasteiger partial charge on any atom is -0.462 e. The SMILES string of the molecule is CC(=O)OC(CC=C(C)C)C(C)CCC[C@]1(C)OCC(=CC#N)CC[C@H]1OC(C)=O. The van der Waals surface area contributed by atoms with Crippen molar-refractivity contribution in [1.29, 1.82) is 5.26 Å². The van der Waals surface area contributed by atoms with Crippen molar-refractivity contribution in [3.63, 3.8) is 0 Å². The zero-order valence-corrected chi connectivity index (χ0v) is 19.3. The van der Waals surface area contributed by atoms with E-state index in [1.165, 1.54) is 25.5 Å². The summed E-state index contributed by atoms with van der Waals surface area (Å²) in [5.74, 6) is -0.396. The molecule has 30 heavy (non-hydrogen) atoms. The Balaban J connectivity index is 2.79. The monoisotopic (exact) mass is 419 g/mol. The van der Waals surface area contributed by atoms with Gasteiger partial charge in [0.25, 0.3) is 0 Å². The molecule has 1 aliphatic rings. The summed E-state index contributed by atoms with van der Waals surface area (Å²) in [7, 11) is 0. The van der Waals surface area contributed by atoms with E-state index in [1.807, 2.05) is 20.8 Å². The molecule has 0 aromatic heterocycles. The van der Waals surface area contributed by atoms with Gasteiger partial charge in [0.1, 0.15) is 17.8 Å². The van der Waals surface area contributed by atoms with Gasteiger partial charge in [-0.3, -0.25) is 9.59 Å². The summed E-state index contributed by atoms with van der Waals surface area (Å²) in [5.41, 5.74) is 1.50. The summed E-state index contributed by atoms with van der Waals surface area (Å²) in [6, 6.07) is 2.06. The smallest absolute Gasteiger partial charge is 0.303 e. The second-order valence-electron chi connectivity index (χ2n) is 8.70. The van der Waals surface area contributed by atoms with Crippen LogP contribution in [-0.4, -0.2) is 36.4 Å². The summed E-state index contributed by atoms with van der Waals surface area (Å²) in [4.78, 5) is 23.1. The average Bonchev–Trinajstić information content (AvgIpc) is 2.78. The van der Waals surface area contributed by atoms with Gasteiger partial charge in [0.05, 0.1) is 12.7 Å². The van der Waals surface area contributed by atoms with Crippen LogP contribution in [0, 0.1) is 17.2 Å². The molecule has 4 atom stereocenters. The number of carbonyl (C=O) groups is 2. The van der Waals surface area contributed by atoms with Gasteiger partial charge in [0.2, 0.25) is 0 Å². The third-order valence-electron chi connectivity index (χ3n) is 5.62. The molecule has 1 fully saturated rings. The summed E-state index contributed by atoms with van der Waals surface area (Å²) in [5, 5.41) is 8.94. The lowest BCUT2D eigenvalue weighted by atomic mass is 9.86. The van der Waals surface area contributed by atoms with Gasteiger partial charge in [0.15, 0.2) is 0 Å². The van der Waals surface area contributed by atoms with Gasteiger partial charge in [-0.15, -0.1) is 0 Å². The molecule has 0 aromatic rings. The molecule has 0 aliphatic carbocycles. The molecule has 1 saturated heterocycles. The molecule has 0 N–H and O–H groups in total. The van der Waals surface area contributed by atoms with E-state index >= 15 is 0 Å². The van der Waals surface area contributed by atoms with Gasteiger partial charge in [-0.2, -0.15) is 5.26 Å². The summed E-state index contributed by atoms with van der Waals surface area (Å²) < 4.78 is 17.3. The first-order valence-corrected chi connectivity index (χ1v) is 10.8. The average molecular weight is 420 g/mol. The standard InChI is InChI=1S/C24H37NO5/c1-17(2)9-11-22(29-19(4)26)18(3)8-7-14-24(6)23(30-20(5)27)12-10-21(13-15-25)16-28-24/h9,13,18,22-23H,7-8,10-12,14,16H2,1-6H3/t18?,22?,23-,24+/m1/s1. The van der Waals surface area contributed by atoms with Crippen molar-refractivity contribution in [1.82, 2.24) is 0 Å². The maximum Gasteiger partial charge on any atom is 0.303 e. The molecule has 0 bridgehead atoms. The van der Waals surface area contributed by atoms with E-state index in [-0.39, 0.29) is 30.1 Å². The first kappa shape index (κ1) is 25.9. The molecule has 0 radical (unpaired) electrons. The molecule has 2 unspecified atom stereocenters. The van der Waals surface area contributed by atoms with E-state index in [1.54, 1.807) is 0 Å². The largest absolute Gasteiger partial charge is 0.462 e. The van der Waals surface area contributed by atoms with Crippen LogP contribution in [0.25, 0.3) is 0 Å². The summed E-state index contributed by atoms with van der Waals surface area (Å²) in [6.07, 6.45) is 7.54. The van der Waals surface area contributed by atoms with Crippen LogP contribution in [0.4, 0.5) is 0 Å². The quantitative estimate of drug-likeness (QED) is 0.296. The van der Waals surface area contributed by atoms with E-state index in [4.69, 9.17) is 19.5 Å². The number of allylic oxidation sites excluding steroid dienone is 2. The van der Waals surface area contributed by atoms with E-state index < -0.39 is 5.60 Å². The third-order valence-corrected chi connectivity index (χ3v) is 5.62. The highest BCUT2D eigenvalue weighted by Crippen LogP contribution is 2.34. The third kappa shape index (κ3) is 9.13. The van der Waals surface area contributed by atoms with Crippen LogP contribution in [0.3, 0.4) is 0 Å². The number of ether oxygens (including phenoxy) is 3. The Morgan fingerprint density at radius 3 is 2.57 bits per heavy atom. The second kappa shape index (κ2) is 12.5. The Hall–Kier alpha value is -2.13. The van der Waals surface area contributed by atoms with Gasteiger partial charge in [-0.25, -0.2) is 0 Å². The lowest BCUT2D eigenvalue weighted by Crippen LogP contribution is -2.43. The van der Waals surface area contributed by atoms with Crippen molar-refractivity contribution in [2.45, 2.75) is 97.9 Å². The Morgan fingerprint density at radius 2 is 2.00 bits per heavy atom.